The third-order valence-corrected chi connectivity index (χ3v) is 6.54. The van der Waals surface area contributed by atoms with E-state index in [9.17, 15) is 9.90 Å². The quantitative estimate of drug-likeness (QED) is 0.509. The maximum absolute atomic E-state index is 13.0. The van der Waals surface area contributed by atoms with Crippen molar-refractivity contribution in [2.24, 2.45) is 5.92 Å². The van der Waals surface area contributed by atoms with Crippen molar-refractivity contribution in [1.29, 1.82) is 0 Å². The highest BCUT2D eigenvalue weighted by Gasteiger charge is 2.28. The van der Waals surface area contributed by atoms with Gasteiger partial charge in [0.25, 0.3) is 5.56 Å². The molecule has 0 spiro atoms. The number of thiazole rings is 1. The summed E-state index contributed by atoms with van der Waals surface area (Å²) in [5.41, 5.74) is 1.20. The third-order valence-electron chi connectivity index (χ3n) is 5.49. The third kappa shape index (κ3) is 3.49. The molecule has 2 heterocycles. The van der Waals surface area contributed by atoms with Crippen LogP contribution >= 0.6 is 11.3 Å². The number of hydrogen-bond donors (Lipinski definition) is 4. The molecule has 0 radical (unpaired) electrons. The molecule has 0 bridgehead atoms. The summed E-state index contributed by atoms with van der Waals surface area (Å²) in [6.07, 6.45) is 5.04. The highest BCUT2D eigenvalue weighted by atomic mass is 32.1. The zero-order valence-corrected chi connectivity index (χ0v) is 16.3. The number of anilines is 2. The Morgan fingerprint density at radius 1 is 1.11 bits per heavy atom. The molecule has 2 saturated carbocycles. The Bertz CT molecular complexity index is 1030. The van der Waals surface area contributed by atoms with E-state index < -0.39 is 0 Å². The van der Waals surface area contributed by atoms with E-state index in [1.54, 1.807) is 0 Å². The second kappa shape index (κ2) is 7.18. The molecule has 0 amide bonds. The summed E-state index contributed by atoms with van der Waals surface area (Å²) in [6.45, 7) is 0.209. The Hall–Kier alpha value is -2.45. The Balaban J connectivity index is 1.54. The van der Waals surface area contributed by atoms with E-state index in [4.69, 9.17) is 4.98 Å². The van der Waals surface area contributed by atoms with Crippen molar-refractivity contribution < 1.29 is 5.11 Å². The van der Waals surface area contributed by atoms with Gasteiger partial charge in [0.2, 0.25) is 5.95 Å². The van der Waals surface area contributed by atoms with Gasteiger partial charge in [-0.05, 0) is 50.2 Å². The number of aromatic nitrogens is 3. The van der Waals surface area contributed by atoms with Crippen molar-refractivity contribution in [3.8, 4) is 10.6 Å². The van der Waals surface area contributed by atoms with Gasteiger partial charge < -0.3 is 15.7 Å². The monoisotopic (exact) mass is 397 g/mol. The van der Waals surface area contributed by atoms with E-state index in [0.29, 0.717) is 34.3 Å². The van der Waals surface area contributed by atoms with Crippen LogP contribution in [0.15, 0.2) is 29.1 Å². The van der Waals surface area contributed by atoms with E-state index in [1.807, 2.05) is 24.3 Å². The maximum Gasteiger partial charge on any atom is 0.264 e. The van der Waals surface area contributed by atoms with E-state index >= 15 is 0 Å². The highest BCUT2D eigenvalue weighted by Crippen LogP contribution is 2.34. The molecule has 4 N–H and O–H groups in total. The first kappa shape index (κ1) is 17.6. The first-order valence-corrected chi connectivity index (χ1v) is 10.7. The van der Waals surface area contributed by atoms with E-state index in [0.717, 1.165) is 42.3 Å². The molecule has 3 aromatic rings. The number of aliphatic hydroxyl groups excluding tert-OH is 1. The van der Waals surface area contributed by atoms with Crippen molar-refractivity contribution in [2.45, 2.75) is 44.2 Å². The highest BCUT2D eigenvalue weighted by molar-refractivity contribution is 7.21. The van der Waals surface area contributed by atoms with Crippen LogP contribution in [-0.2, 0) is 0 Å². The van der Waals surface area contributed by atoms with Crippen LogP contribution < -0.4 is 16.2 Å². The van der Waals surface area contributed by atoms with E-state index in [-0.39, 0.29) is 18.2 Å². The van der Waals surface area contributed by atoms with Gasteiger partial charge in [-0.15, -0.1) is 11.3 Å². The molecule has 2 aliphatic carbocycles. The van der Waals surface area contributed by atoms with Crippen LogP contribution in [-0.4, -0.2) is 38.7 Å². The van der Waals surface area contributed by atoms with Crippen LogP contribution in [0.3, 0.4) is 0 Å². The first-order valence-electron chi connectivity index (χ1n) is 9.84. The van der Waals surface area contributed by atoms with E-state index in [1.165, 1.54) is 11.3 Å². The largest absolute Gasteiger partial charge is 0.396 e. The van der Waals surface area contributed by atoms with Crippen molar-refractivity contribution in [3.05, 3.63) is 34.6 Å². The summed E-state index contributed by atoms with van der Waals surface area (Å²) < 4.78 is 1.05. The molecule has 2 fully saturated rings. The van der Waals surface area contributed by atoms with Gasteiger partial charge in [-0.3, -0.25) is 9.78 Å². The number of benzene rings is 1. The minimum Gasteiger partial charge on any atom is -0.396 e. The fourth-order valence-electron chi connectivity index (χ4n) is 3.81. The lowest BCUT2D eigenvalue weighted by Crippen LogP contribution is -2.23. The molecular formula is C20H23N5O2S. The summed E-state index contributed by atoms with van der Waals surface area (Å²) in [7, 11) is 0. The normalized spacial score (nSPS) is 21.9. The zero-order valence-electron chi connectivity index (χ0n) is 15.4. The van der Waals surface area contributed by atoms with Gasteiger partial charge in [-0.2, -0.15) is 4.98 Å². The summed E-state index contributed by atoms with van der Waals surface area (Å²) in [6, 6.07) is 8.49. The summed E-state index contributed by atoms with van der Waals surface area (Å²) in [5, 5.41) is 16.9. The van der Waals surface area contributed by atoms with E-state index in [2.05, 4.69) is 20.6 Å². The lowest BCUT2D eigenvalue weighted by Gasteiger charge is -2.16. The molecule has 8 heteroatoms. The first-order chi connectivity index (χ1) is 13.7. The Morgan fingerprint density at radius 3 is 2.68 bits per heavy atom. The summed E-state index contributed by atoms with van der Waals surface area (Å²) >= 11 is 1.50. The van der Waals surface area contributed by atoms with Gasteiger partial charge in [0.1, 0.15) is 16.4 Å². The van der Waals surface area contributed by atoms with Crippen LogP contribution in [0, 0.1) is 5.92 Å². The number of hydrogen-bond acceptors (Lipinski definition) is 7. The average molecular weight is 398 g/mol. The number of fused-ring (bicyclic) bond motifs is 1. The summed E-state index contributed by atoms with van der Waals surface area (Å²) in [4.78, 5) is 25.2. The number of aromatic amines is 1. The van der Waals surface area contributed by atoms with Crippen molar-refractivity contribution in [3.63, 3.8) is 0 Å². The lowest BCUT2D eigenvalue weighted by molar-refractivity contribution is 0.229. The minimum absolute atomic E-state index is 0.184. The number of rotatable bonds is 6. The Labute approximate surface area is 166 Å². The van der Waals surface area contributed by atoms with Gasteiger partial charge in [0, 0.05) is 18.7 Å². The maximum atomic E-state index is 13.0. The minimum atomic E-state index is -0.184. The van der Waals surface area contributed by atoms with Crippen LogP contribution in [0.25, 0.3) is 20.8 Å². The SMILES string of the molecule is O=c1[nH]c(NC2CC2)nc(NC2CC[C@@H](CO)C2)c1-c1nc2ccccc2s1. The second-order valence-electron chi connectivity index (χ2n) is 7.75. The topological polar surface area (TPSA) is 103 Å². The standard InChI is InChI=1S/C20H23N5O2S/c26-10-11-5-6-13(9-11)21-17-16(18(27)25-20(24-17)22-12-7-8-12)19-23-14-3-1-2-4-15(14)28-19/h1-4,11-13,26H,5-10H2,(H3,21,22,24,25,27)/t11-,13?/m1/s1. The summed E-state index contributed by atoms with van der Waals surface area (Å²) in [5.74, 6) is 1.40. The predicted octanol–water partition coefficient (Wildman–Crippen LogP) is 3.19. The number of nitrogens with one attached hydrogen (secondary N) is 3. The van der Waals surface area contributed by atoms with Gasteiger partial charge in [-0.1, -0.05) is 12.1 Å². The predicted molar refractivity (Wildman–Crippen MR) is 112 cm³/mol. The molecule has 146 valence electrons. The van der Waals surface area contributed by atoms with Crippen molar-refractivity contribution >= 4 is 33.3 Å². The zero-order chi connectivity index (χ0) is 19.1. The molecular weight excluding hydrogens is 374 g/mol. The molecule has 7 nitrogen and oxygen atoms in total. The van der Waals surface area contributed by atoms with Gasteiger partial charge in [0.15, 0.2) is 0 Å². The van der Waals surface area contributed by atoms with Crippen molar-refractivity contribution in [2.75, 3.05) is 17.2 Å². The second-order valence-corrected chi connectivity index (χ2v) is 8.78. The molecule has 2 aliphatic rings. The molecule has 2 aromatic heterocycles. The number of aliphatic hydroxyl groups is 1. The number of nitrogens with zero attached hydrogens (tertiary/aromatic N) is 2. The lowest BCUT2D eigenvalue weighted by atomic mass is 10.1. The molecule has 0 saturated heterocycles. The molecule has 5 rings (SSSR count). The van der Waals surface area contributed by atoms with Gasteiger partial charge in [0.05, 0.1) is 10.2 Å². The molecule has 0 aliphatic heterocycles. The van der Waals surface area contributed by atoms with Crippen LogP contribution in [0.5, 0.6) is 0 Å². The van der Waals surface area contributed by atoms with Crippen molar-refractivity contribution in [1.82, 2.24) is 15.0 Å². The van der Waals surface area contributed by atoms with Gasteiger partial charge in [-0.25, -0.2) is 4.98 Å². The molecule has 2 atom stereocenters. The van der Waals surface area contributed by atoms with Crippen LogP contribution in [0.4, 0.5) is 11.8 Å². The smallest absolute Gasteiger partial charge is 0.264 e. The molecule has 1 aromatic carbocycles. The Kier molecular flexibility index (Phi) is 4.52. The molecule has 1 unspecified atom stereocenters. The fourth-order valence-corrected chi connectivity index (χ4v) is 4.82. The fraction of sp³-hybridized carbons (Fsp3) is 0.450. The Morgan fingerprint density at radius 2 is 1.93 bits per heavy atom. The van der Waals surface area contributed by atoms with Crippen LogP contribution in [0.2, 0.25) is 0 Å². The number of para-hydroxylation sites is 1. The van der Waals surface area contributed by atoms with Crippen LogP contribution in [0.1, 0.15) is 32.1 Å². The van der Waals surface area contributed by atoms with Gasteiger partial charge >= 0.3 is 0 Å². The molecule has 28 heavy (non-hydrogen) atoms. The average Bonchev–Trinajstić information content (AvgIpc) is 3.21. The number of H-pyrrole nitrogens is 1.